The topological polar surface area (TPSA) is 81.4 Å². The largest absolute Gasteiger partial charge is 0.344 e. The number of nitrogens with one attached hydrogen (secondary N) is 4. The molecule has 0 amide bonds. The molecular formula is C28H32N6. The van der Waals surface area contributed by atoms with Crippen LogP contribution in [-0.2, 0) is 6.42 Å². The molecule has 4 N–H and O–H groups in total. The van der Waals surface area contributed by atoms with Gasteiger partial charge in [-0.15, -0.1) is 0 Å². The average molecular weight is 453 g/mol. The van der Waals surface area contributed by atoms with Gasteiger partial charge in [0.05, 0.1) is 29.7 Å². The maximum Gasteiger partial charge on any atom is 0.124 e. The van der Waals surface area contributed by atoms with Crippen molar-refractivity contribution in [3.8, 4) is 33.6 Å². The first kappa shape index (κ1) is 21.3. The van der Waals surface area contributed by atoms with Crippen molar-refractivity contribution in [3.63, 3.8) is 0 Å². The second-order valence-corrected chi connectivity index (χ2v) is 9.44. The Morgan fingerprint density at radius 2 is 1.32 bits per heavy atom. The molecule has 2 saturated heterocycles. The van der Waals surface area contributed by atoms with E-state index in [9.17, 15) is 0 Å². The highest BCUT2D eigenvalue weighted by atomic mass is 15.0. The highest BCUT2D eigenvalue weighted by Crippen LogP contribution is 2.31. The normalized spacial score (nSPS) is 20.3. The van der Waals surface area contributed by atoms with Crippen LogP contribution < -0.4 is 10.6 Å². The number of nitrogens with zero attached hydrogens (tertiary/aromatic N) is 2. The Bertz CT molecular complexity index is 1240. The molecule has 2 aliphatic heterocycles. The number of aryl methyl sites for hydroxylation is 1. The third-order valence-electron chi connectivity index (χ3n) is 7.21. The van der Waals surface area contributed by atoms with Crippen LogP contribution in [0.4, 0.5) is 0 Å². The summed E-state index contributed by atoms with van der Waals surface area (Å²) >= 11 is 0. The molecule has 0 spiro atoms. The zero-order chi connectivity index (χ0) is 22.9. The van der Waals surface area contributed by atoms with Crippen molar-refractivity contribution >= 4 is 0 Å². The van der Waals surface area contributed by atoms with Gasteiger partial charge in [0.15, 0.2) is 0 Å². The third kappa shape index (κ3) is 4.08. The summed E-state index contributed by atoms with van der Waals surface area (Å²) in [5, 5.41) is 7.05. The Hall–Kier alpha value is -3.22. The summed E-state index contributed by atoms with van der Waals surface area (Å²) in [5.74, 6) is 2.12. The summed E-state index contributed by atoms with van der Waals surface area (Å²) in [6, 6.07) is 18.2. The molecule has 4 aromatic rings. The van der Waals surface area contributed by atoms with Crippen molar-refractivity contribution in [2.75, 3.05) is 13.1 Å². The molecular weight excluding hydrogens is 420 g/mol. The monoisotopic (exact) mass is 452 g/mol. The molecule has 2 aromatic heterocycles. The summed E-state index contributed by atoms with van der Waals surface area (Å²) in [7, 11) is 0. The lowest BCUT2D eigenvalue weighted by Gasteiger charge is -2.07. The van der Waals surface area contributed by atoms with E-state index in [0.29, 0.717) is 12.1 Å². The molecule has 174 valence electrons. The Morgan fingerprint density at radius 3 is 1.91 bits per heavy atom. The molecule has 2 unspecified atom stereocenters. The van der Waals surface area contributed by atoms with Gasteiger partial charge in [0.25, 0.3) is 0 Å². The fourth-order valence-corrected chi connectivity index (χ4v) is 5.25. The summed E-state index contributed by atoms with van der Waals surface area (Å²) in [4.78, 5) is 16.7. The molecule has 34 heavy (non-hydrogen) atoms. The lowest BCUT2D eigenvalue weighted by Crippen LogP contribution is -2.14. The Morgan fingerprint density at radius 1 is 0.735 bits per heavy atom. The SMILES string of the molecule is CCc1[nH]c(C2CCCN2)nc1-c1ccc(-c2ccc(-c3cnc(C4CCCN4)[nH]3)cc2)cc1. The number of H-pyrrole nitrogens is 2. The van der Waals surface area contributed by atoms with Crippen molar-refractivity contribution in [2.45, 2.75) is 51.1 Å². The molecule has 0 bridgehead atoms. The molecule has 4 heterocycles. The number of hydrogen-bond acceptors (Lipinski definition) is 4. The second-order valence-electron chi connectivity index (χ2n) is 9.44. The van der Waals surface area contributed by atoms with Crippen LogP contribution in [0.1, 0.15) is 62.0 Å². The van der Waals surface area contributed by atoms with Gasteiger partial charge in [-0.2, -0.15) is 0 Å². The zero-order valence-electron chi connectivity index (χ0n) is 19.7. The maximum absolute atomic E-state index is 4.98. The minimum atomic E-state index is 0.359. The van der Waals surface area contributed by atoms with Gasteiger partial charge in [0, 0.05) is 11.3 Å². The smallest absolute Gasteiger partial charge is 0.124 e. The highest BCUT2D eigenvalue weighted by Gasteiger charge is 2.22. The van der Waals surface area contributed by atoms with Crippen LogP contribution >= 0.6 is 0 Å². The highest BCUT2D eigenvalue weighted by molar-refractivity contribution is 5.72. The van der Waals surface area contributed by atoms with Crippen LogP contribution in [0.15, 0.2) is 54.7 Å². The van der Waals surface area contributed by atoms with Crippen LogP contribution in [0.25, 0.3) is 33.6 Å². The lowest BCUT2D eigenvalue weighted by molar-refractivity contribution is 0.611. The first-order valence-corrected chi connectivity index (χ1v) is 12.6. The van der Waals surface area contributed by atoms with Crippen molar-refractivity contribution < 1.29 is 0 Å². The van der Waals surface area contributed by atoms with E-state index in [1.54, 1.807) is 0 Å². The summed E-state index contributed by atoms with van der Waals surface area (Å²) in [5.41, 5.74) is 8.12. The third-order valence-corrected chi connectivity index (χ3v) is 7.21. The van der Waals surface area contributed by atoms with E-state index in [2.05, 4.69) is 81.0 Å². The van der Waals surface area contributed by atoms with Crippen molar-refractivity contribution in [3.05, 3.63) is 72.1 Å². The predicted molar refractivity (Wildman–Crippen MR) is 136 cm³/mol. The van der Waals surface area contributed by atoms with Gasteiger partial charge in [-0.3, -0.25) is 0 Å². The van der Waals surface area contributed by atoms with E-state index >= 15 is 0 Å². The van der Waals surface area contributed by atoms with Gasteiger partial charge >= 0.3 is 0 Å². The van der Waals surface area contributed by atoms with Gasteiger partial charge in [0.2, 0.25) is 0 Å². The fourth-order valence-electron chi connectivity index (χ4n) is 5.25. The van der Waals surface area contributed by atoms with E-state index in [1.807, 2.05) is 6.20 Å². The van der Waals surface area contributed by atoms with Gasteiger partial charge in [-0.1, -0.05) is 55.5 Å². The van der Waals surface area contributed by atoms with E-state index in [1.165, 1.54) is 35.2 Å². The fraction of sp³-hybridized carbons (Fsp3) is 0.357. The molecule has 6 rings (SSSR count). The van der Waals surface area contributed by atoms with Gasteiger partial charge in [-0.05, 0) is 61.9 Å². The summed E-state index contributed by atoms with van der Waals surface area (Å²) in [6.45, 7) is 4.34. The van der Waals surface area contributed by atoms with Gasteiger partial charge in [-0.25, -0.2) is 9.97 Å². The second kappa shape index (κ2) is 9.20. The van der Waals surface area contributed by atoms with E-state index in [0.717, 1.165) is 61.0 Å². The van der Waals surface area contributed by atoms with Gasteiger partial charge < -0.3 is 20.6 Å². The predicted octanol–water partition coefficient (Wildman–Crippen LogP) is 5.55. The Kier molecular flexibility index (Phi) is 5.77. The summed E-state index contributed by atoms with van der Waals surface area (Å²) in [6.07, 6.45) is 7.64. The quantitative estimate of drug-likeness (QED) is 0.309. The van der Waals surface area contributed by atoms with Crippen LogP contribution in [0.5, 0.6) is 0 Å². The van der Waals surface area contributed by atoms with Gasteiger partial charge in [0.1, 0.15) is 11.6 Å². The van der Waals surface area contributed by atoms with Crippen molar-refractivity contribution in [1.82, 2.24) is 30.6 Å². The number of imidazole rings is 2. The lowest BCUT2D eigenvalue weighted by atomic mass is 10.0. The van der Waals surface area contributed by atoms with E-state index in [-0.39, 0.29) is 0 Å². The van der Waals surface area contributed by atoms with Crippen LogP contribution in [0.2, 0.25) is 0 Å². The number of hydrogen-bond donors (Lipinski definition) is 4. The molecule has 6 nitrogen and oxygen atoms in total. The first-order valence-electron chi connectivity index (χ1n) is 12.6. The van der Waals surface area contributed by atoms with Crippen LogP contribution in [0, 0.1) is 0 Å². The molecule has 6 heteroatoms. The van der Waals surface area contributed by atoms with E-state index < -0.39 is 0 Å². The van der Waals surface area contributed by atoms with E-state index in [4.69, 9.17) is 4.98 Å². The van der Waals surface area contributed by atoms with Crippen LogP contribution in [0.3, 0.4) is 0 Å². The summed E-state index contributed by atoms with van der Waals surface area (Å²) < 4.78 is 0. The molecule has 0 saturated carbocycles. The number of rotatable bonds is 6. The molecule has 2 aliphatic rings. The van der Waals surface area contributed by atoms with Crippen molar-refractivity contribution in [1.29, 1.82) is 0 Å². The minimum Gasteiger partial charge on any atom is -0.344 e. The number of benzene rings is 2. The molecule has 2 atom stereocenters. The number of aromatic amines is 2. The number of aromatic nitrogens is 4. The molecule has 0 aliphatic carbocycles. The average Bonchev–Trinajstić information content (AvgIpc) is 3.70. The van der Waals surface area contributed by atoms with Crippen LogP contribution in [-0.4, -0.2) is 33.0 Å². The van der Waals surface area contributed by atoms with Crippen molar-refractivity contribution in [2.24, 2.45) is 0 Å². The molecule has 2 fully saturated rings. The standard InChI is InChI=1S/C28H32N6/c1-2-22-26(34-28(32-22)24-6-4-16-30-24)21-13-9-19(10-14-21)18-7-11-20(12-8-18)25-17-31-27(33-25)23-5-3-15-29-23/h7-14,17,23-24,29-30H,2-6,15-16H2,1H3,(H,31,33)(H,32,34). The molecule has 0 radical (unpaired) electrons. The molecule has 2 aromatic carbocycles. The Labute approximate surface area is 200 Å². The Balaban J connectivity index is 1.20. The first-order chi connectivity index (χ1) is 16.8. The maximum atomic E-state index is 4.98. The minimum absolute atomic E-state index is 0.359. The zero-order valence-corrected chi connectivity index (χ0v) is 19.7.